The van der Waals surface area contributed by atoms with Crippen LogP contribution in [0.3, 0.4) is 0 Å². The van der Waals surface area contributed by atoms with Gasteiger partial charge in [-0.1, -0.05) is 18.2 Å². The molecule has 0 saturated carbocycles. The first-order valence-corrected chi connectivity index (χ1v) is 6.50. The van der Waals surface area contributed by atoms with Gasteiger partial charge in [0.25, 0.3) is 0 Å². The Hall–Kier alpha value is -2.43. The highest BCUT2D eigenvalue weighted by molar-refractivity contribution is 5.89. The summed E-state index contributed by atoms with van der Waals surface area (Å²) in [5.41, 5.74) is 0.661. The molecular weight excluding hydrogens is 276 g/mol. The van der Waals surface area contributed by atoms with Crippen LogP contribution in [0.4, 0.5) is 14.5 Å². The minimum atomic E-state index is -1.32. The number of rotatable bonds is 5. The van der Waals surface area contributed by atoms with Crippen LogP contribution < -0.4 is 5.32 Å². The largest absolute Gasteiger partial charge is 0.478 e. The number of carboxylic acids is 1. The van der Waals surface area contributed by atoms with Gasteiger partial charge in [-0.15, -0.1) is 0 Å². The molecule has 3 nitrogen and oxygen atoms in total. The monoisotopic (exact) mass is 291 g/mol. The highest BCUT2D eigenvalue weighted by Gasteiger charge is 2.12. The summed E-state index contributed by atoms with van der Waals surface area (Å²) in [6, 6.07) is 10.1. The topological polar surface area (TPSA) is 49.3 Å². The van der Waals surface area contributed by atoms with Crippen molar-refractivity contribution in [3.63, 3.8) is 0 Å². The van der Waals surface area contributed by atoms with Gasteiger partial charge in [-0.3, -0.25) is 0 Å². The van der Waals surface area contributed by atoms with E-state index in [4.69, 9.17) is 5.11 Å². The Kier molecular flexibility index (Phi) is 4.52. The molecule has 0 saturated heterocycles. The molecular formula is C16H15F2NO2. The second kappa shape index (κ2) is 6.35. The van der Waals surface area contributed by atoms with E-state index in [0.29, 0.717) is 17.7 Å². The summed E-state index contributed by atoms with van der Waals surface area (Å²) in [4.78, 5) is 10.9. The van der Waals surface area contributed by atoms with E-state index in [-0.39, 0.29) is 11.9 Å². The molecule has 0 spiro atoms. The van der Waals surface area contributed by atoms with Crippen molar-refractivity contribution >= 4 is 11.7 Å². The molecule has 2 aromatic rings. The smallest absolute Gasteiger partial charge is 0.338 e. The fraction of sp³-hybridized carbons (Fsp3) is 0.188. The van der Waals surface area contributed by atoms with Crippen LogP contribution in [0.5, 0.6) is 0 Å². The van der Waals surface area contributed by atoms with E-state index < -0.39 is 17.3 Å². The highest BCUT2D eigenvalue weighted by Crippen LogP contribution is 2.17. The van der Waals surface area contributed by atoms with E-state index in [2.05, 4.69) is 5.32 Å². The van der Waals surface area contributed by atoms with Crippen LogP contribution in [0.15, 0.2) is 42.5 Å². The molecule has 0 amide bonds. The zero-order valence-electron chi connectivity index (χ0n) is 11.4. The first-order valence-electron chi connectivity index (χ1n) is 6.50. The zero-order valence-corrected chi connectivity index (χ0v) is 11.4. The lowest BCUT2D eigenvalue weighted by Gasteiger charge is -2.16. The van der Waals surface area contributed by atoms with Gasteiger partial charge in [0.1, 0.15) is 11.6 Å². The molecule has 0 aromatic heterocycles. The second-order valence-electron chi connectivity index (χ2n) is 4.84. The summed E-state index contributed by atoms with van der Waals surface area (Å²) in [6.07, 6.45) is 0.437. The van der Waals surface area contributed by atoms with Crippen LogP contribution in [-0.2, 0) is 6.42 Å². The van der Waals surface area contributed by atoms with Gasteiger partial charge in [0.2, 0.25) is 0 Å². The van der Waals surface area contributed by atoms with Crippen molar-refractivity contribution in [2.75, 3.05) is 5.32 Å². The van der Waals surface area contributed by atoms with Crippen LogP contribution in [0.25, 0.3) is 0 Å². The first kappa shape index (κ1) is 15.0. The van der Waals surface area contributed by atoms with Gasteiger partial charge in [-0.2, -0.15) is 0 Å². The molecule has 0 aliphatic carbocycles. The molecule has 0 aliphatic rings. The lowest BCUT2D eigenvalue weighted by Crippen LogP contribution is -2.19. The number of hydrogen-bond donors (Lipinski definition) is 2. The van der Waals surface area contributed by atoms with Gasteiger partial charge in [-0.25, -0.2) is 13.6 Å². The number of nitrogens with one attached hydrogen (secondary N) is 1. The quantitative estimate of drug-likeness (QED) is 0.883. The summed E-state index contributed by atoms with van der Waals surface area (Å²) >= 11 is 0. The van der Waals surface area contributed by atoms with Crippen LogP contribution in [-0.4, -0.2) is 17.1 Å². The summed E-state index contributed by atoms with van der Waals surface area (Å²) in [5, 5.41) is 11.9. The standard InChI is InChI=1S/C16H15F2NO2/c1-10(8-11-4-2-3-5-14(11)17)19-12-6-7-15(18)13(9-12)16(20)21/h2-7,9-10,19H,8H2,1H3,(H,20,21). The van der Waals surface area contributed by atoms with Crippen molar-refractivity contribution in [1.29, 1.82) is 0 Å². The molecule has 2 rings (SSSR count). The molecule has 21 heavy (non-hydrogen) atoms. The predicted octanol–water partition coefficient (Wildman–Crippen LogP) is 3.71. The molecule has 0 bridgehead atoms. The van der Waals surface area contributed by atoms with Crippen molar-refractivity contribution in [2.24, 2.45) is 0 Å². The Morgan fingerprint density at radius 1 is 1.19 bits per heavy atom. The number of hydrogen-bond acceptors (Lipinski definition) is 2. The molecule has 5 heteroatoms. The normalized spacial score (nSPS) is 12.0. The lowest BCUT2D eigenvalue weighted by molar-refractivity contribution is 0.0692. The third-order valence-corrected chi connectivity index (χ3v) is 3.09. The van der Waals surface area contributed by atoms with Gasteiger partial charge in [0.05, 0.1) is 5.56 Å². The third kappa shape index (κ3) is 3.78. The van der Waals surface area contributed by atoms with Crippen LogP contribution in [0, 0.1) is 11.6 Å². The summed E-state index contributed by atoms with van der Waals surface area (Å²) in [7, 11) is 0. The molecule has 2 aromatic carbocycles. The molecule has 1 atom stereocenters. The minimum Gasteiger partial charge on any atom is -0.478 e. The molecule has 0 aliphatic heterocycles. The minimum absolute atomic E-state index is 0.131. The van der Waals surface area contributed by atoms with E-state index >= 15 is 0 Å². The van der Waals surface area contributed by atoms with E-state index in [9.17, 15) is 13.6 Å². The molecule has 0 fully saturated rings. The van der Waals surface area contributed by atoms with Crippen molar-refractivity contribution in [2.45, 2.75) is 19.4 Å². The van der Waals surface area contributed by atoms with E-state index in [1.807, 2.05) is 6.92 Å². The highest BCUT2D eigenvalue weighted by atomic mass is 19.1. The maximum atomic E-state index is 13.6. The number of carboxylic acid groups (broad SMARTS) is 1. The fourth-order valence-electron chi connectivity index (χ4n) is 2.11. The van der Waals surface area contributed by atoms with Crippen molar-refractivity contribution in [1.82, 2.24) is 0 Å². The summed E-state index contributed by atoms with van der Waals surface area (Å²) in [5.74, 6) is -2.39. The third-order valence-electron chi connectivity index (χ3n) is 3.09. The van der Waals surface area contributed by atoms with Gasteiger partial charge in [0, 0.05) is 11.7 Å². The number of halogens is 2. The van der Waals surface area contributed by atoms with Gasteiger partial charge < -0.3 is 10.4 Å². The van der Waals surface area contributed by atoms with E-state index in [0.717, 1.165) is 6.07 Å². The van der Waals surface area contributed by atoms with Gasteiger partial charge >= 0.3 is 5.97 Å². The Balaban J connectivity index is 2.09. The van der Waals surface area contributed by atoms with Crippen molar-refractivity contribution in [3.05, 3.63) is 65.2 Å². The van der Waals surface area contributed by atoms with Gasteiger partial charge in [-0.05, 0) is 43.2 Å². The lowest BCUT2D eigenvalue weighted by atomic mass is 10.1. The second-order valence-corrected chi connectivity index (χ2v) is 4.84. The number of aromatic carboxylic acids is 1. The van der Waals surface area contributed by atoms with E-state index in [1.54, 1.807) is 18.2 Å². The van der Waals surface area contributed by atoms with Crippen LogP contribution >= 0.6 is 0 Å². The predicted molar refractivity (Wildman–Crippen MR) is 76.5 cm³/mol. The molecule has 0 radical (unpaired) electrons. The van der Waals surface area contributed by atoms with Gasteiger partial charge in [0.15, 0.2) is 0 Å². The Labute approximate surface area is 121 Å². The Morgan fingerprint density at radius 2 is 1.90 bits per heavy atom. The number of carbonyl (C=O) groups is 1. The number of benzene rings is 2. The molecule has 2 N–H and O–H groups in total. The maximum Gasteiger partial charge on any atom is 0.338 e. The van der Waals surface area contributed by atoms with Crippen LogP contribution in [0.1, 0.15) is 22.8 Å². The Bertz CT molecular complexity index is 658. The maximum absolute atomic E-state index is 13.6. The average molecular weight is 291 g/mol. The molecule has 110 valence electrons. The molecule has 0 heterocycles. The fourth-order valence-corrected chi connectivity index (χ4v) is 2.11. The average Bonchev–Trinajstić information content (AvgIpc) is 2.43. The first-order chi connectivity index (χ1) is 9.97. The summed E-state index contributed by atoms with van der Waals surface area (Å²) in [6.45, 7) is 1.84. The molecule has 1 unspecified atom stereocenters. The van der Waals surface area contributed by atoms with Crippen molar-refractivity contribution in [3.8, 4) is 0 Å². The summed E-state index contributed by atoms with van der Waals surface area (Å²) < 4.78 is 26.9. The number of anilines is 1. The Morgan fingerprint density at radius 3 is 2.57 bits per heavy atom. The van der Waals surface area contributed by atoms with E-state index in [1.165, 1.54) is 18.2 Å². The van der Waals surface area contributed by atoms with Crippen LogP contribution in [0.2, 0.25) is 0 Å². The SMILES string of the molecule is CC(Cc1ccccc1F)Nc1ccc(F)c(C(=O)O)c1. The van der Waals surface area contributed by atoms with Crippen molar-refractivity contribution < 1.29 is 18.7 Å². The zero-order chi connectivity index (χ0) is 15.4.